The Balaban J connectivity index is 2.37. The maximum absolute atomic E-state index is 13.6. The average Bonchev–Trinajstić information content (AvgIpc) is 2.85. The van der Waals surface area contributed by atoms with Crippen molar-refractivity contribution in [3.05, 3.63) is 51.2 Å². The van der Waals surface area contributed by atoms with E-state index in [9.17, 15) is 14.0 Å². The van der Waals surface area contributed by atoms with E-state index in [1.54, 1.807) is 18.2 Å². The smallest absolute Gasteiger partial charge is 0.358 e. The number of rotatable bonds is 4. The minimum absolute atomic E-state index is 0.00339. The number of thiazole rings is 1. The number of nitrogens with zero attached hydrogens (tertiary/aromatic N) is 1. The second-order valence-electron chi connectivity index (χ2n) is 4.10. The van der Waals surface area contributed by atoms with E-state index >= 15 is 0 Å². The lowest BCUT2D eigenvalue weighted by Crippen LogP contribution is -2.07. The summed E-state index contributed by atoms with van der Waals surface area (Å²) < 4.78 is 18.2. The molecule has 104 valence electrons. The SMILES string of the molecule is COC(=O)c1nc(Cc2ccccc2F)sc1C(C)=O. The first-order valence-electron chi connectivity index (χ1n) is 5.85. The van der Waals surface area contributed by atoms with E-state index in [1.165, 1.54) is 20.1 Å². The number of aromatic nitrogens is 1. The van der Waals surface area contributed by atoms with Crippen molar-refractivity contribution in [3.8, 4) is 0 Å². The van der Waals surface area contributed by atoms with E-state index in [1.807, 2.05) is 0 Å². The van der Waals surface area contributed by atoms with Crippen LogP contribution in [0.2, 0.25) is 0 Å². The van der Waals surface area contributed by atoms with Gasteiger partial charge in [0.05, 0.1) is 12.1 Å². The number of carbonyl (C=O) groups is 2. The summed E-state index contributed by atoms with van der Waals surface area (Å²) in [5.41, 5.74) is 0.462. The van der Waals surface area contributed by atoms with Crippen molar-refractivity contribution in [2.24, 2.45) is 0 Å². The van der Waals surface area contributed by atoms with Crippen molar-refractivity contribution in [3.63, 3.8) is 0 Å². The summed E-state index contributed by atoms with van der Waals surface area (Å²) in [6, 6.07) is 6.32. The van der Waals surface area contributed by atoms with Gasteiger partial charge in [-0.2, -0.15) is 0 Å². The third-order valence-corrected chi connectivity index (χ3v) is 3.83. The van der Waals surface area contributed by atoms with Crippen LogP contribution in [0.3, 0.4) is 0 Å². The summed E-state index contributed by atoms with van der Waals surface area (Å²) in [5.74, 6) is -1.26. The van der Waals surface area contributed by atoms with Gasteiger partial charge in [0.25, 0.3) is 0 Å². The lowest BCUT2D eigenvalue weighted by atomic mass is 10.1. The third kappa shape index (κ3) is 2.91. The molecule has 0 aliphatic heterocycles. The molecule has 2 rings (SSSR count). The monoisotopic (exact) mass is 293 g/mol. The normalized spacial score (nSPS) is 10.3. The van der Waals surface area contributed by atoms with Crippen LogP contribution in [-0.4, -0.2) is 23.8 Å². The minimum Gasteiger partial charge on any atom is -0.464 e. The molecule has 1 aromatic carbocycles. The highest BCUT2D eigenvalue weighted by atomic mass is 32.1. The molecule has 0 fully saturated rings. The first-order valence-corrected chi connectivity index (χ1v) is 6.67. The number of Topliss-reactive ketones (excluding diaryl/α,β-unsaturated/α-hetero) is 1. The van der Waals surface area contributed by atoms with Gasteiger partial charge >= 0.3 is 5.97 Å². The van der Waals surface area contributed by atoms with Crippen LogP contribution in [0.15, 0.2) is 24.3 Å². The molecular formula is C14H12FNO3S. The molecule has 0 N–H and O–H groups in total. The van der Waals surface area contributed by atoms with Crippen LogP contribution in [0.25, 0.3) is 0 Å². The van der Waals surface area contributed by atoms with Gasteiger partial charge < -0.3 is 4.74 Å². The van der Waals surface area contributed by atoms with Crippen molar-refractivity contribution in [2.45, 2.75) is 13.3 Å². The van der Waals surface area contributed by atoms with Gasteiger partial charge in [0.15, 0.2) is 11.5 Å². The van der Waals surface area contributed by atoms with Gasteiger partial charge in [-0.3, -0.25) is 4.79 Å². The van der Waals surface area contributed by atoms with Crippen molar-refractivity contribution < 1.29 is 18.7 Å². The van der Waals surface area contributed by atoms with Crippen LogP contribution in [0.5, 0.6) is 0 Å². The Bertz CT molecular complexity index is 666. The molecule has 0 aliphatic carbocycles. The Kier molecular flexibility index (Phi) is 4.24. The zero-order chi connectivity index (χ0) is 14.7. The summed E-state index contributed by atoms with van der Waals surface area (Å²) >= 11 is 1.09. The molecule has 0 bridgehead atoms. The molecule has 0 saturated heterocycles. The number of ketones is 1. The number of ether oxygens (including phenoxy) is 1. The van der Waals surface area contributed by atoms with Crippen molar-refractivity contribution in [1.82, 2.24) is 4.98 Å². The fraction of sp³-hybridized carbons (Fsp3) is 0.214. The second kappa shape index (κ2) is 5.92. The molecule has 0 saturated carbocycles. The fourth-order valence-electron chi connectivity index (χ4n) is 1.72. The van der Waals surface area contributed by atoms with Gasteiger partial charge in [0.2, 0.25) is 0 Å². The highest BCUT2D eigenvalue weighted by Gasteiger charge is 2.22. The number of methoxy groups -OCH3 is 1. The van der Waals surface area contributed by atoms with Crippen LogP contribution >= 0.6 is 11.3 Å². The van der Waals surface area contributed by atoms with Gasteiger partial charge in [-0.25, -0.2) is 14.2 Å². The zero-order valence-corrected chi connectivity index (χ0v) is 11.8. The predicted molar refractivity (Wildman–Crippen MR) is 72.7 cm³/mol. The molecule has 1 aromatic heterocycles. The van der Waals surface area contributed by atoms with E-state index in [0.29, 0.717) is 10.6 Å². The second-order valence-corrected chi connectivity index (χ2v) is 5.18. The van der Waals surface area contributed by atoms with E-state index < -0.39 is 5.97 Å². The van der Waals surface area contributed by atoms with Crippen LogP contribution in [-0.2, 0) is 11.2 Å². The third-order valence-electron chi connectivity index (χ3n) is 2.67. The average molecular weight is 293 g/mol. The minimum atomic E-state index is -0.661. The first kappa shape index (κ1) is 14.3. The molecule has 0 spiro atoms. The highest BCUT2D eigenvalue weighted by Crippen LogP contribution is 2.23. The number of esters is 1. The topological polar surface area (TPSA) is 56.3 Å². The van der Waals surface area contributed by atoms with Gasteiger partial charge in [0.1, 0.15) is 10.7 Å². The molecule has 0 atom stereocenters. The van der Waals surface area contributed by atoms with Crippen molar-refractivity contribution >= 4 is 23.1 Å². The van der Waals surface area contributed by atoms with Gasteiger partial charge in [-0.15, -0.1) is 11.3 Å². The number of halogens is 1. The summed E-state index contributed by atoms with van der Waals surface area (Å²) in [6.07, 6.45) is 0.231. The molecule has 20 heavy (non-hydrogen) atoms. The summed E-state index contributed by atoms with van der Waals surface area (Å²) in [6.45, 7) is 1.35. The molecule has 0 unspecified atom stereocenters. The number of benzene rings is 1. The molecule has 4 nitrogen and oxygen atoms in total. The standard InChI is InChI=1S/C14H12FNO3S/c1-8(17)13-12(14(18)19-2)16-11(20-13)7-9-5-3-4-6-10(9)15/h3-6H,7H2,1-2H3. The van der Waals surface area contributed by atoms with E-state index in [0.717, 1.165) is 11.3 Å². The van der Waals surface area contributed by atoms with Crippen LogP contribution < -0.4 is 0 Å². The molecule has 0 radical (unpaired) electrons. The molecule has 6 heteroatoms. The van der Waals surface area contributed by atoms with E-state index in [2.05, 4.69) is 9.72 Å². The lowest BCUT2D eigenvalue weighted by Gasteiger charge is -1.99. The quantitative estimate of drug-likeness (QED) is 0.642. The Morgan fingerprint density at radius 2 is 2.05 bits per heavy atom. The molecular weight excluding hydrogens is 281 g/mol. The van der Waals surface area contributed by atoms with E-state index in [4.69, 9.17) is 0 Å². The summed E-state index contributed by atoms with van der Waals surface area (Å²) in [7, 11) is 1.22. The summed E-state index contributed by atoms with van der Waals surface area (Å²) in [4.78, 5) is 27.4. The zero-order valence-electron chi connectivity index (χ0n) is 11.0. The first-order chi connectivity index (χ1) is 9.52. The van der Waals surface area contributed by atoms with E-state index in [-0.39, 0.29) is 28.6 Å². The van der Waals surface area contributed by atoms with Crippen LogP contribution in [0, 0.1) is 5.82 Å². The highest BCUT2D eigenvalue weighted by molar-refractivity contribution is 7.14. The Hall–Kier alpha value is -2.08. The molecule has 0 aliphatic rings. The van der Waals surface area contributed by atoms with Crippen LogP contribution in [0.4, 0.5) is 4.39 Å². The maximum atomic E-state index is 13.6. The Labute approximate surface area is 119 Å². The predicted octanol–water partition coefficient (Wildman–Crippen LogP) is 2.86. The molecule has 2 aromatic rings. The van der Waals surface area contributed by atoms with Gasteiger partial charge in [0, 0.05) is 13.3 Å². The van der Waals surface area contributed by atoms with Gasteiger partial charge in [-0.05, 0) is 11.6 Å². The molecule has 0 amide bonds. The maximum Gasteiger partial charge on any atom is 0.358 e. The fourth-order valence-corrected chi connectivity index (χ4v) is 2.69. The summed E-state index contributed by atoms with van der Waals surface area (Å²) in [5, 5.41) is 0.501. The number of hydrogen-bond donors (Lipinski definition) is 0. The number of hydrogen-bond acceptors (Lipinski definition) is 5. The Morgan fingerprint density at radius 1 is 1.35 bits per heavy atom. The molecule has 1 heterocycles. The Morgan fingerprint density at radius 3 is 2.65 bits per heavy atom. The van der Waals surface area contributed by atoms with Gasteiger partial charge in [-0.1, -0.05) is 18.2 Å². The largest absolute Gasteiger partial charge is 0.464 e. The van der Waals surface area contributed by atoms with Crippen molar-refractivity contribution in [1.29, 1.82) is 0 Å². The van der Waals surface area contributed by atoms with Crippen molar-refractivity contribution in [2.75, 3.05) is 7.11 Å². The van der Waals surface area contributed by atoms with Crippen LogP contribution in [0.1, 0.15) is 37.7 Å². The lowest BCUT2D eigenvalue weighted by molar-refractivity contribution is 0.0591. The number of carbonyl (C=O) groups excluding carboxylic acids is 2.